The second kappa shape index (κ2) is 14.5. The van der Waals surface area contributed by atoms with Crippen LogP contribution in [-0.4, -0.2) is 15.3 Å². The molecular formula is C64H38N4O6. The zero-order chi connectivity index (χ0) is 48.5. The molecule has 13 aromatic rings. The molecule has 17 rings (SSSR count). The summed E-state index contributed by atoms with van der Waals surface area (Å²) >= 11 is 0. The van der Waals surface area contributed by atoms with Gasteiger partial charge in [0.1, 0.15) is 57.8 Å². The summed E-state index contributed by atoms with van der Waals surface area (Å²) < 4.78 is 31.6. The molecule has 1 unspecified atom stereocenters. The van der Waals surface area contributed by atoms with Crippen molar-refractivity contribution in [3.63, 3.8) is 0 Å². The summed E-state index contributed by atoms with van der Waals surface area (Å²) in [6.07, 6.45) is 2.08. The third kappa shape index (κ3) is 5.30. The normalized spacial score (nSPS) is 15.5. The summed E-state index contributed by atoms with van der Waals surface area (Å²) in [6, 6.07) is 56.4. The van der Waals surface area contributed by atoms with Crippen LogP contribution < -0.4 is 34.7 Å². The van der Waals surface area contributed by atoms with Crippen LogP contribution in [0.1, 0.15) is 44.3 Å². The van der Waals surface area contributed by atoms with Gasteiger partial charge in [0.25, 0.3) is 11.5 Å². The van der Waals surface area contributed by atoms with Crippen molar-refractivity contribution in [2.45, 2.75) is 31.8 Å². The number of nitrogens with zero attached hydrogens (tertiary/aromatic N) is 3. The van der Waals surface area contributed by atoms with Gasteiger partial charge in [-0.1, -0.05) is 97.1 Å². The molecule has 0 saturated heterocycles. The lowest BCUT2D eigenvalue weighted by molar-refractivity contribution is 0.0979. The minimum Gasteiger partial charge on any atom is -0.456 e. The number of hydrogen-bond acceptors (Lipinski definition) is 8. The number of rotatable bonds is 0. The largest absolute Gasteiger partial charge is 0.456 e. The molecule has 0 fully saturated rings. The van der Waals surface area contributed by atoms with Crippen molar-refractivity contribution in [3.8, 4) is 46.0 Å². The smallest absolute Gasteiger partial charge is 0.264 e. The quantitative estimate of drug-likeness (QED) is 0.118. The molecule has 4 aliphatic rings. The van der Waals surface area contributed by atoms with Crippen molar-refractivity contribution in [2.75, 3.05) is 10.2 Å². The lowest BCUT2D eigenvalue weighted by Gasteiger charge is -2.34. The van der Waals surface area contributed by atoms with Gasteiger partial charge in [0.05, 0.1) is 33.4 Å². The number of amides is 1. The number of hydrogen-bond donors (Lipinski definition) is 1. The molecule has 0 spiro atoms. The van der Waals surface area contributed by atoms with E-state index >= 15 is 9.59 Å². The van der Waals surface area contributed by atoms with E-state index in [1.807, 2.05) is 132 Å². The molecule has 10 nitrogen and oxygen atoms in total. The van der Waals surface area contributed by atoms with Crippen molar-refractivity contribution >= 4 is 87.8 Å². The number of pyridine rings is 1. The predicted molar refractivity (Wildman–Crippen MR) is 289 cm³/mol. The Morgan fingerprint density at radius 1 is 0.446 bits per heavy atom. The van der Waals surface area contributed by atoms with Crippen molar-refractivity contribution in [3.05, 3.63) is 214 Å². The van der Waals surface area contributed by atoms with Gasteiger partial charge in [-0.2, -0.15) is 0 Å². The average Bonchev–Trinajstić information content (AvgIpc) is 4.03. The fraction of sp³-hybridized carbons (Fsp3) is 0.0781. The third-order valence-corrected chi connectivity index (χ3v) is 16.0. The molecule has 1 N–H and O–H groups in total. The third-order valence-electron chi connectivity index (χ3n) is 16.0. The number of nitrogens with one attached hydrogen (secondary N) is 1. The zero-order valence-corrected chi connectivity index (χ0v) is 39.4. The van der Waals surface area contributed by atoms with Gasteiger partial charge in [-0.15, -0.1) is 0 Å². The molecule has 74 heavy (non-hydrogen) atoms. The van der Waals surface area contributed by atoms with Crippen LogP contribution in [0, 0.1) is 0 Å². The van der Waals surface area contributed by atoms with Crippen LogP contribution in [0.25, 0.3) is 70.5 Å². The molecule has 2 aromatic heterocycles. The summed E-state index contributed by atoms with van der Waals surface area (Å²) in [5.74, 6) is 4.61. The standard InChI is InChI=1S/C64H38N4O6/c69-63-39-32-52-58-56-50(72-46-22-10-2-14-34(46)26-28-36-16-4-12-24-48(36)74-52)30-38-54-40(64(70)68-44-20-8-6-18-42(44)66-62(38)68)31-51-57(60(54)56)55-49(29-37(53(39)59(55)58)61-65-41-17-5-7-19-43(41)67(61)63)71-45-21-9-1-13-33(45)25-27-35-15-3-11-23-47(35)73-51/h1-24,29-32,61,65H,25-28H2. The average molecular weight is 959 g/mol. The predicted octanol–water partition coefficient (Wildman–Crippen LogP) is 14.9. The number of fused-ring (bicyclic) bond motifs is 12. The number of aryl methyl sites for hydroxylation is 4. The Morgan fingerprint density at radius 2 is 0.919 bits per heavy atom. The Balaban J connectivity index is 1.16. The Morgan fingerprint density at radius 3 is 1.51 bits per heavy atom. The Hall–Kier alpha value is -9.67. The molecular weight excluding hydrogens is 921 g/mol. The van der Waals surface area contributed by atoms with Gasteiger partial charge >= 0.3 is 0 Å². The highest BCUT2D eigenvalue weighted by Gasteiger charge is 2.44. The monoisotopic (exact) mass is 958 g/mol. The van der Waals surface area contributed by atoms with Crippen molar-refractivity contribution in [1.29, 1.82) is 0 Å². The number of benzene rings is 11. The van der Waals surface area contributed by atoms with E-state index in [0.717, 1.165) is 60.7 Å². The van der Waals surface area contributed by atoms with Gasteiger partial charge < -0.3 is 24.3 Å². The van der Waals surface area contributed by atoms with E-state index in [0.29, 0.717) is 126 Å². The van der Waals surface area contributed by atoms with Gasteiger partial charge in [0, 0.05) is 54.0 Å². The number of aromatic nitrogens is 2. The summed E-state index contributed by atoms with van der Waals surface area (Å²) in [6.45, 7) is 0. The van der Waals surface area contributed by atoms with Crippen molar-refractivity contribution in [1.82, 2.24) is 9.38 Å². The highest BCUT2D eigenvalue weighted by atomic mass is 16.5. The number of carbonyl (C=O) groups excluding carboxylic acids is 1. The Bertz CT molecular complexity index is 4710. The fourth-order valence-electron chi connectivity index (χ4n) is 12.8. The SMILES string of the molecule is O=C1c2cc3c4c5c(cc6c7c(cc8c(c9c(cc(c2c94)C2Nc4ccccc4N12)Oc1ccccc1CCc1ccccc1O8)c57)c(=O)n1c2ccccc2nc61)Oc1ccccc1CCc1ccccc1O3. The van der Waals surface area contributed by atoms with E-state index in [-0.39, 0.29) is 11.5 Å². The molecule has 0 saturated carbocycles. The van der Waals surface area contributed by atoms with E-state index < -0.39 is 6.17 Å². The van der Waals surface area contributed by atoms with Crippen molar-refractivity contribution < 1.29 is 23.7 Å². The lowest BCUT2D eigenvalue weighted by atomic mass is 9.81. The highest BCUT2D eigenvalue weighted by molar-refractivity contribution is 6.43. The van der Waals surface area contributed by atoms with E-state index in [2.05, 4.69) is 47.8 Å². The molecule has 10 heteroatoms. The maximum atomic E-state index is 15.7. The first-order valence-electron chi connectivity index (χ1n) is 25.1. The Kier molecular flexibility index (Phi) is 7.83. The van der Waals surface area contributed by atoms with Crippen molar-refractivity contribution in [2.24, 2.45) is 0 Å². The summed E-state index contributed by atoms with van der Waals surface area (Å²) in [4.78, 5) is 38.4. The topological polar surface area (TPSA) is 104 Å². The first-order chi connectivity index (χ1) is 36.5. The van der Waals surface area contributed by atoms with Crippen LogP contribution in [-0.2, 0) is 25.7 Å². The summed E-state index contributed by atoms with van der Waals surface area (Å²) in [7, 11) is 0. The second-order valence-electron chi connectivity index (χ2n) is 19.9. The molecule has 11 aromatic carbocycles. The van der Waals surface area contributed by atoms with E-state index in [1.54, 1.807) is 4.40 Å². The molecule has 4 aliphatic heterocycles. The molecule has 1 amide bonds. The number of carbonyl (C=O) groups is 1. The molecule has 1 atom stereocenters. The fourth-order valence-corrected chi connectivity index (χ4v) is 12.8. The number of anilines is 2. The molecule has 0 aliphatic carbocycles. The molecule has 6 heterocycles. The minimum absolute atomic E-state index is 0.165. The van der Waals surface area contributed by atoms with Gasteiger partial charge in [0.15, 0.2) is 0 Å². The van der Waals surface area contributed by atoms with Crippen LogP contribution in [0.5, 0.6) is 46.0 Å². The zero-order valence-electron chi connectivity index (χ0n) is 39.4. The Labute approximate surface area is 420 Å². The molecule has 0 radical (unpaired) electrons. The van der Waals surface area contributed by atoms with Gasteiger partial charge in [-0.3, -0.25) is 18.9 Å². The second-order valence-corrected chi connectivity index (χ2v) is 19.9. The number of ether oxygens (including phenoxy) is 4. The van der Waals surface area contributed by atoms with Gasteiger partial charge in [0.2, 0.25) is 0 Å². The maximum absolute atomic E-state index is 15.7. The van der Waals surface area contributed by atoms with Gasteiger partial charge in [-0.05, 0) is 121 Å². The van der Waals surface area contributed by atoms with E-state index in [4.69, 9.17) is 23.9 Å². The van der Waals surface area contributed by atoms with Crippen LogP contribution in [0.15, 0.2) is 175 Å². The highest BCUT2D eigenvalue weighted by Crippen LogP contribution is 2.60. The maximum Gasteiger partial charge on any atom is 0.264 e. The minimum atomic E-state index is -0.573. The number of imidazole rings is 1. The van der Waals surface area contributed by atoms with Gasteiger partial charge in [-0.25, -0.2) is 4.98 Å². The first kappa shape index (κ1) is 40.0. The molecule has 350 valence electrons. The van der Waals surface area contributed by atoms with Crippen LogP contribution in [0.2, 0.25) is 0 Å². The molecule has 0 bridgehead atoms. The summed E-state index contributed by atoms with van der Waals surface area (Å²) in [5, 5.41) is 10.7. The van der Waals surface area contributed by atoms with Crippen LogP contribution >= 0.6 is 0 Å². The summed E-state index contributed by atoms with van der Waals surface area (Å²) in [5.41, 5.74) is 8.73. The first-order valence-corrected chi connectivity index (χ1v) is 25.1. The van der Waals surface area contributed by atoms with Crippen LogP contribution in [0.4, 0.5) is 11.4 Å². The van der Waals surface area contributed by atoms with E-state index in [9.17, 15) is 0 Å². The number of para-hydroxylation sites is 8. The lowest BCUT2D eigenvalue weighted by Crippen LogP contribution is -2.37. The van der Waals surface area contributed by atoms with E-state index in [1.165, 1.54) is 0 Å². The van der Waals surface area contributed by atoms with Crippen LogP contribution in [0.3, 0.4) is 0 Å².